The fraction of sp³-hybridized carbons (Fsp3) is 0.222. The molecule has 2 aliphatic heterocycles. The molecular formula is C18H15BrN2O4. The fourth-order valence-corrected chi connectivity index (χ4v) is 3.51. The summed E-state index contributed by atoms with van der Waals surface area (Å²) in [7, 11) is 0. The third-order valence-corrected chi connectivity index (χ3v) is 5.23. The first-order valence-corrected chi connectivity index (χ1v) is 8.56. The van der Waals surface area contributed by atoms with E-state index in [4.69, 9.17) is 9.47 Å². The van der Waals surface area contributed by atoms with Gasteiger partial charge >= 0.3 is 6.03 Å². The van der Waals surface area contributed by atoms with E-state index in [-0.39, 0.29) is 19.2 Å². The molecule has 128 valence electrons. The summed E-state index contributed by atoms with van der Waals surface area (Å²) in [4.78, 5) is 26.6. The maximum absolute atomic E-state index is 13.0. The Labute approximate surface area is 152 Å². The lowest BCUT2D eigenvalue weighted by atomic mass is 9.92. The van der Waals surface area contributed by atoms with Crippen LogP contribution < -0.4 is 14.8 Å². The predicted octanol–water partition coefficient (Wildman–Crippen LogP) is 3.15. The van der Waals surface area contributed by atoms with Crippen molar-refractivity contribution < 1.29 is 19.1 Å². The molecule has 0 spiro atoms. The van der Waals surface area contributed by atoms with E-state index in [0.717, 1.165) is 15.6 Å². The smallest absolute Gasteiger partial charge is 0.325 e. The first kappa shape index (κ1) is 16.0. The zero-order valence-electron chi connectivity index (χ0n) is 13.4. The number of urea groups is 1. The minimum absolute atomic E-state index is 0.143. The molecule has 1 unspecified atom stereocenters. The summed E-state index contributed by atoms with van der Waals surface area (Å²) < 4.78 is 11.5. The van der Waals surface area contributed by atoms with Gasteiger partial charge in [-0.1, -0.05) is 46.3 Å². The largest absolute Gasteiger partial charge is 0.454 e. The van der Waals surface area contributed by atoms with Crippen LogP contribution in [0.15, 0.2) is 46.9 Å². The average Bonchev–Trinajstić information content (AvgIpc) is 3.14. The van der Waals surface area contributed by atoms with Crippen molar-refractivity contribution in [1.29, 1.82) is 0 Å². The van der Waals surface area contributed by atoms with Gasteiger partial charge in [0.05, 0.1) is 6.54 Å². The number of ether oxygens (including phenoxy) is 2. The fourth-order valence-electron chi connectivity index (χ4n) is 3.06. The number of imide groups is 1. The molecule has 3 amide bonds. The van der Waals surface area contributed by atoms with E-state index in [1.54, 1.807) is 19.1 Å². The molecule has 6 nitrogen and oxygen atoms in total. The van der Waals surface area contributed by atoms with Crippen molar-refractivity contribution in [2.45, 2.75) is 19.0 Å². The van der Waals surface area contributed by atoms with Crippen LogP contribution in [0.4, 0.5) is 4.79 Å². The number of nitrogens with zero attached hydrogens (tertiary/aromatic N) is 1. The summed E-state index contributed by atoms with van der Waals surface area (Å²) in [6, 6.07) is 12.4. The Morgan fingerprint density at radius 3 is 2.56 bits per heavy atom. The van der Waals surface area contributed by atoms with Crippen LogP contribution in [0.25, 0.3) is 0 Å². The van der Waals surface area contributed by atoms with Crippen LogP contribution in [-0.2, 0) is 16.9 Å². The summed E-state index contributed by atoms with van der Waals surface area (Å²) in [5.74, 6) is 0.964. The van der Waals surface area contributed by atoms with Gasteiger partial charge in [0.2, 0.25) is 6.79 Å². The average molecular weight is 403 g/mol. The molecule has 2 heterocycles. The molecule has 0 radical (unpaired) electrons. The highest BCUT2D eigenvalue weighted by Crippen LogP contribution is 2.38. The topological polar surface area (TPSA) is 67.9 Å². The second-order valence-corrected chi connectivity index (χ2v) is 6.96. The molecule has 4 rings (SSSR count). The minimum Gasteiger partial charge on any atom is -0.454 e. The first-order chi connectivity index (χ1) is 12.0. The number of halogens is 1. The van der Waals surface area contributed by atoms with Gasteiger partial charge in [-0.25, -0.2) is 4.79 Å². The van der Waals surface area contributed by atoms with Gasteiger partial charge in [0.1, 0.15) is 5.54 Å². The zero-order valence-corrected chi connectivity index (χ0v) is 15.0. The van der Waals surface area contributed by atoms with Crippen molar-refractivity contribution in [1.82, 2.24) is 10.2 Å². The minimum atomic E-state index is -1.07. The Hall–Kier alpha value is -2.54. The molecule has 2 aromatic carbocycles. The Morgan fingerprint density at radius 2 is 1.84 bits per heavy atom. The second kappa shape index (κ2) is 5.77. The first-order valence-electron chi connectivity index (χ1n) is 7.77. The molecule has 7 heteroatoms. The summed E-state index contributed by atoms with van der Waals surface area (Å²) in [5, 5.41) is 2.80. The van der Waals surface area contributed by atoms with E-state index in [1.165, 1.54) is 4.90 Å². The van der Waals surface area contributed by atoms with Crippen LogP contribution in [0.3, 0.4) is 0 Å². The second-order valence-electron chi connectivity index (χ2n) is 6.11. The molecule has 25 heavy (non-hydrogen) atoms. The van der Waals surface area contributed by atoms with Crippen molar-refractivity contribution >= 4 is 27.9 Å². The van der Waals surface area contributed by atoms with E-state index in [1.807, 2.05) is 30.3 Å². The molecule has 0 aromatic heterocycles. The monoisotopic (exact) mass is 402 g/mol. The Kier molecular flexibility index (Phi) is 3.68. The van der Waals surface area contributed by atoms with Crippen molar-refractivity contribution in [2.24, 2.45) is 0 Å². The van der Waals surface area contributed by atoms with Gasteiger partial charge < -0.3 is 14.8 Å². The standard InChI is InChI=1S/C18H15BrN2O4/c1-18(12-5-3-2-4-6-12)16(22)21(17(23)20-18)9-11-7-14-15(8-13(11)19)25-10-24-14/h2-8H,9-10H2,1H3,(H,20,23). The number of fused-ring (bicyclic) bond motifs is 1. The van der Waals surface area contributed by atoms with Crippen molar-refractivity contribution in [3.8, 4) is 11.5 Å². The maximum Gasteiger partial charge on any atom is 0.325 e. The number of hydrogen-bond donors (Lipinski definition) is 1. The maximum atomic E-state index is 13.0. The van der Waals surface area contributed by atoms with E-state index in [9.17, 15) is 9.59 Å². The van der Waals surface area contributed by atoms with Crippen LogP contribution in [0, 0.1) is 0 Å². The van der Waals surface area contributed by atoms with Gasteiger partial charge in [-0.2, -0.15) is 0 Å². The number of nitrogens with one attached hydrogen (secondary N) is 1. The third-order valence-electron chi connectivity index (χ3n) is 4.50. The van der Waals surface area contributed by atoms with Gasteiger partial charge in [0.25, 0.3) is 5.91 Å². The van der Waals surface area contributed by atoms with Gasteiger partial charge in [-0.15, -0.1) is 0 Å². The van der Waals surface area contributed by atoms with Crippen molar-refractivity contribution in [3.63, 3.8) is 0 Å². The molecule has 1 fully saturated rings. The number of amides is 3. The van der Waals surface area contributed by atoms with Gasteiger partial charge in [-0.05, 0) is 30.2 Å². The number of benzene rings is 2. The summed E-state index contributed by atoms with van der Waals surface area (Å²) in [6.07, 6.45) is 0. The molecule has 1 N–H and O–H groups in total. The molecule has 0 bridgehead atoms. The molecular weight excluding hydrogens is 388 g/mol. The van der Waals surface area contributed by atoms with Crippen molar-refractivity contribution in [2.75, 3.05) is 6.79 Å². The quantitative estimate of drug-likeness (QED) is 0.800. The molecule has 0 saturated carbocycles. The Morgan fingerprint density at radius 1 is 1.16 bits per heavy atom. The lowest BCUT2D eigenvalue weighted by Crippen LogP contribution is -2.40. The molecule has 2 aliphatic rings. The highest BCUT2D eigenvalue weighted by atomic mass is 79.9. The van der Waals surface area contributed by atoms with Crippen LogP contribution >= 0.6 is 15.9 Å². The predicted molar refractivity (Wildman–Crippen MR) is 93.1 cm³/mol. The van der Waals surface area contributed by atoms with Gasteiger partial charge in [0.15, 0.2) is 11.5 Å². The van der Waals surface area contributed by atoms with Crippen molar-refractivity contribution in [3.05, 3.63) is 58.1 Å². The molecule has 1 saturated heterocycles. The van der Waals surface area contributed by atoms with Gasteiger partial charge in [-0.3, -0.25) is 9.69 Å². The Bertz CT molecular complexity index is 871. The van der Waals surface area contributed by atoms with Crippen LogP contribution in [0.1, 0.15) is 18.1 Å². The van der Waals surface area contributed by atoms with E-state index >= 15 is 0 Å². The summed E-state index contributed by atoms with van der Waals surface area (Å²) in [6.45, 7) is 2.03. The molecule has 2 aromatic rings. The van der Waals surface area contributed by atoms with Gasteiger partial charge in [0, 0.05) is 4.47 Å². The number of hydrogen-bond acceptors (Lipinski definition) is 4. The number of carbonyl (C=O) groups excluding carboxylic acids is 2. The lowest BCUT2D eigenvalue weighted by molar-refractivity contribution is -0.131. The number of carbonyl (C=O) groups is 2. The number of rotatable bonds is 3. The van der Waals surface area contributed by atoms with E-state index in [2.05, 4.69) is 21.2 Å². The normalized spacial score (nSPS) is 21.6. The summed E-state index contributed by atoms with van der Waals surface area (Å²) >= 11 is 3.47. The van der Waals surface area contributed by atoms with Crippen LogP contribution in [0.2, 0.25) is 0 Å². The van der Waals surface area contributed by atoms with E-state index in [0.29, 0.717) is 11.5 Å². The highest BCUT2D eigenvalue weighted by Gasteiger charge is 2.48. The molecule has 0 aliphatic carbocycles. The molecule has 1 atom stereocenters. The Balaban J connectivity index is 1.64. The van der Waals surface area contributed by atoms with Crippen LogP contribution in [-0.4, -0.2) is 23.6 Å². The third kappa shape index (κ3) is 2.55. The van der Waals surface area contributed by atoms with Crippen LogP contribution in [0.5, 0.6) is 11.5 Å². The van der Waals surface area contributed by atoms with E-state index < -0.39 is 11.6 Å². The SMILES string of the molecule is CC1(c2ccccc2)NC(=O)N(Cc2cc3c(cc2Br)OCO3)C1=O. The highest BCUT2D eigenvalue weighted by molar-refractivity contribution is 9.10. The summed E-state index contributed by atoms with van der Waals surface area (Å²) in [5.41, 5.74) is 0.451. The zero-order chi connectivity index (χ0) is 17.6. The lowest BCUT2D eigenvalue weighted by Gasteiger charge is -2.22.